The maximum Gasteiger partial charge on any atom is 0.187 e. The van der Waals surface area contributed by atoms with Crippen LogP contribution in [0, 0.1) is 22.7 Å². The van der Waals surface area contributed by atoms with Crippen LogP contribution in [0.25, 0.3) is 0 Å². The van der Waals surface area contributed by atoms with Gasteiger partial charge in [-0.1, -0.05) is 25.5 Å². The fraction of sp³-hybridized carbons (Fsp3) is 0.964. The van der Waals surface area contributed by atoms with Gasteiger partial charge in [0, 0.05) is 59.0 Å². The zero-order valence-corrected chi connectivity index (χ0v) is 47.5. The SMILES string of the molecule is COC1CC(O[C@@H]2CC[C@]3(C)C(=CC[C@@]4(O)C3[C@@H](O)[C@H](O)[C@@]3(C)[C@H]([C@@H](C)O)CC[C@]34O)C2)OC(C)C1OC1CC(OC)C(OC2CC(OC)C(OC3OC(C)C(OC4OC(CO)C(O)C(O)C4O)C(OC)C3O)C(C)O2)C(C)O1. The molecule has 0 bridgehead atoms. The second kappa shape index (κ2) is 24.3. The number of methoxy groups -OCH3 is 4. The molecule has 0 spiro atoms. The summed E-state index contributed by atoms with van der Waals surface area (Å²) >= 11 is 0. The van der Waals surface area contributed by atoms with Gasteiger partial charge in [-0.05, 0) is 84.5 Å². The van der Waals surface area contributed by atoms with E-state index >= 15 is 0 Å². The monoisotopic (exact) mass is 1140 g/mol. The van der Waals surface area contributed by atoms with Gasteiger partial charge in [-0.3, -0.25) is 0 Å². The minimum absolute atomic E-state index is 0.0957. The van der Waals surface area contributed by atoms with E-state index in [4.69, 9.17) is 66.3 Å². The number of hydrogen-bond donors (Lipinski definition) is 10. The number of ether oxygens (including phenoxy) is 14. The number of fused-ring (bicyclic) bond motifs is 5. The van der Waals surface area contributed by atoms with Crippen molar-refractivity contribution in [3.63, 3.8) is 0 Å². The van der Waals surface area contributed by atoms with Crippen molar-refractivity contribution in [3.05, 3.63) is 11.6 Å². The molecule has 4 aliphatic carbocycles. The molecule has 0 aromatic heterocycles. The molecule has 24 heteroatoms. The lowest BCUT2D eigenvalue weighted by Gasteiger charge is -2.68. The van der Waals surface area contributed by atoms with E-state index in [1.807, 2.05) is 26.8 Å². The molecule has 456 valence electrons. The molecule has 32 atom stereocenters. The van der Waals surface area contributed by atoms with Crippen LogP contribution < -0.4 is 0 Å². The Morgan fingerprint density at radius 1 is 0.582 bits per heavy atom. The van der Waals surface area contributed by atoms with E-state index in [1.165, 1.54) is 14.2 Å². The van der Waals surface area contributed by atoms with E-state index in [0.717, 1.165) is 5.57 Å². The first-order chi connectivity index (χ1) is 37.3. The Hall–Kier alpha value is -1.22. The van der Waals surface area contributed by atoms with Crippen LogP contribution in [0.2, 0.25) is 0 Å². The number of aliphatic hydroxyl groups excluding tert-OH is 8. The van der Waals surface area contributed by atoms with Crippen molar-refractivity contribution in [2.24, 2.45) is 22.7 Å². The number of aliphatic hydroxyl groups is 10. The molecule has 9 rings (SSSR count). The highest BCUT2D eigenvalue weighted by molar-refractivity contribution is 5.36. The zero-order valence-electron chi connectivity index (χ0n) is 47.5. The molecule has 9 aliphatic rings. The summed E-state index contributed by atoms with van der Waals surface area (Å²) < 4.78 is 86.9. The molecule has 79 heavy (non-hydrogen) atoms. The molecular weight excluding hydrogens is 1040 g/mol. The normalized spacial score (nSPS) is 54.5. The molecule has 5 saturated heterocycles. The highest BCUT2D eigenvalue weighted by atomic mass is 16.8. The lowest BCUT2D eigenvalue weighted by Crippen LogP contribution is -2.79. The van der Waals surface area contributed by atoms with E-state index in [1.54, 1.807) is 41.9 Å². The van der Waals surface area contributed by atoms with Crippen LogP contribution in [0.1, 0.15) is 106 Å². The van der Waals surface area contributed by atoms with Crippen LogP contribution in [0.4, 0.5) is 0 Å². The van der Waals surface area contributed by atoms with Crippen LogP contribution in [0.15, 0.2) is 11.6 Å². The van der Waals surface area contributed by atoms with E-state index in [9.17, 15) is 51.1 Å². The molecule has 0 aromatic rings. The van der Waals surface area contributed by atoms with Gasteiger partial charge < -0.3 is 117 Å². The summed E-state index contributed by atoms with van der Waals surface area (Å²) in [5, 5.41) is 112. The first-order valence-corrected chi connectivity index (χ1v) is 28.5. The summed E-state index contributed by atoms with van der Waals surface area (Å²) in [5.74, 6) is -1.35. The fourth-order valence-corrected chi connectivity index (χ4v) is 15.8. The van der Waals surface area contributed by atoms with Gasteiger partial charge in [0.05, 0.1) is 73.8 Å². The number of hydrogen-bond acceptors (Lipinski definition) is 24. The lowest BCUT2D eigenvalue weighted by atomic mass is 9.42. The molecule has 24 nitrogen and oxygen atoms in total. The highest BCUT2D eigenvalue weighted by Gasteiger charge is 2.78. The van der Waals surface area contributed by atoms with Gasteiger partial charge in [-0.25, -0.2) is 0 Å². The first-order valence-electron chi connectivity index (χ1n) is 28.5. The second-order valence-corrected chi connectivity index (χ2v) is 24.6. The Labute approximate surface area is 462 Å². The molecule has 8 fully saturated rings. The van der Waals surface area contributed by atoms with Gasteiger partial charge in [0.25, 0.3) is 0 Å². The zero-order chi connectivity index (χ0) is 57.4. The Morgan fingerprint density at radius 3 is 1.61 bits per heavy atom. The Bertz CT molecular complexity index is 2060. The summed E-state index contributed by atoms with van der Waals surface area (Å²) in [7, 11) is 6.11. The quantitative estimate of drug-likeness (QED) is 0.0864. The average Bonchev–Trinajstić information content (AvgIpc) is 2.75. The maximum atomic E-state index is 12.6. The van der Waals surface area contributed by atoms with Crippen molar-refractivity contribution in [1.29, 1.82) is 0 Å². The van der Waals surface area contributed by atoms with Crippen LogP contribution in [-0.4, -0.2) is 257 Å². The summed E-state index contributed by atoms with van der Waals surface area (Å²) in [6.45, 7) is 11.9. The van der Waals surface area contributed by atoms with Crippen molar-refractivity contribution >= 4 is 0 Å². The van der Waals surface area contributed by atoms with Crippen molar-refractivity contribution in [2.45, 2.75) is 277 Å². The topological polar surface area (TPSA) is 332 Å². The second-order valence-electron chi connectivity index (χ2n) is 24.6. The number of rotatable bonds is 16. The van der Waals surface area contributed by atoms with Crippen molar-refractivity contribution < 1.29 is 117 Å². The summed E-state index contributed by atoms with van der Waals surface area (Å²) in [6.07, 6.45) is -19.0. The predicted octanol–water partition coefficient (Wildman–Crippen LogP) is -0.586. The molecule has 23 unspecified atom stereocenters. The van der Waals surface area contributed by atoms with Crippen LogP contribution >= 0.6 is 0 Å². The van der Waals surface area contributed by atoms with Crippen LogP contribution in [0.3, 0.4) is 0 Å². The summed E-state index contributed by atoms with van der Waals surface area (Å²) in [4.78, 5) is 0. The highest BCUT2D eigenvalue weighted by Crippen LogP contribution is 2.70. The minimum atomic E-state index is -1.72. The predicted molar refractivity (Wildman–Crippen MR) is 271 cm³/mol. The van der Waals surface area contributed by atoms with Gasteiger partial charge in [0.15, 0.2) is 31.5 Å². The van der Waals surface area contributed by atoms with Gasteiger partial charge in [0.2, 0.25) is 0 Å². The van der Waals surface area contributed by atoms with Crippen LogP contribution in [-0.2, 0) is 66.3 Å². The molecule has 0 radical (unpaired) electrons. The van der Waals surface area contributed by atoms with Crippen LogP contribution in [0.5, 0.6) is 0 Å². The Kier molecular flexibility index (Phi) is 19.1. The Morgan fingerprint density at radius 2 is 1.09 bits per heavy atom. The molecule has 0 aromatic carbocycles. The van der Waals surface area contributed by atoms with Crippen molar-refractivity contribution in [3.8, 4) is 0 Å². The third-order valence-corrected chi connectivity index (χ3v) is 20.3. The van der Waals surface area contributed by atoms with Crippen molar-refractivity contribution in [1.82, 2.24) is 0 Å². The standard InChI is InChI=1S/C55H92O24/c1-23(57)30-14-17-55(65)53(30,7)49(63)42(62)48-52(6)15-13-29(18-28(52)12-16-54(48,55)64)74-35-19-31(66-8)43(24(2)70-35)76-36-20-32(67-9)44(25(3)71-36)77-37-21-33(68-10)45(26(4)72-37)78-51-41(61)47(69-11)46(27(5)73-51)79-50-40(60)39(59)38(58)34(22-56)75-50/h12,23-27,29-51,56-65H,13-22H2,1-11H3/t23-,24?,25?,26?,27?,29-,30+,31?,32?,33?,34?,35?,36?,37?,38?,39?,40?,41?,42-,43?,44?,45?,46?,47?,48?,49+,50?,51?,52-,53-,54-,55+/m1/s1. The smallest absolute Gasteiger partial charge is 0.187 e. The first kappa shape index (κ1) is 62.3. The third kappa shape index (κ3) is 10.9. The average molecular weight is 1140 g/mol. The van der Waals surface area contributed by atoms with Gasteiger partial charge >= 0.3 is 0 Å². The van der Waals surface area contributed by atoms with E-state index in [-0.39, 0.29) is 25.4 Å². The molecule has 0 amide bonds. The largest absolute Gasteiger partial charge is 0.394 e. The summed E-state index contributed by atoms with van der Waals surface area (Å²) in [5.41, 5.74) is -4.50. The Balaban J connectivity index is 0.767. The van der Waals surface area contributed by atoms with Crippen molar-refractivity contribution in [2.75, 3.05) is 35.0 Å². The van der Waals surface area contributed by atoms with E-state index < -0.39 is 194 Å². The third-order valence-electron chi connectivity index (χ3n) is 20.3. The summed E-state index contributed by atoms with van der Waals surface area (Å²) in [6, 6.07) is 0. The van der Waals surface area contributed by atoms with E-state index in [0.29, 0.717) is 38.5 Å². The van der Waals surface area contributed by atoms with Gasteiger partial charge in [-0.2, -0.15) is 0 Å². The molecular formula is C55H92O24. The van der Waals surface area contributed by atoms with E-state index in [2.05, 4.69) is 0 Å². The molecule has 3 saturated carbocycles. The van der Waals surface area contributed by atoms with Gasteiger partial charge in [-0.15, -0.1) is 0 Å². The maximum absolute atomic E-state index is 12.6. The fourth-order valence-electron chi connectivity index (χ4n) is 15.8. The molecule has 5 heterocycles. The lowest BCUT2D eigenvalue weighted by molar-refractivity contribution is -0.374. The molecule has 10 N–H and O–H groups in total. The molecule has 5 aliphatic heterocycles. The minimum Gasteiger partial charge on any atom is -0.394 e. The van der Waals surface area contributed by atoms with Gasteiger partial charge in [0.1, 0.15) is 72.2 Å².